The highest BCUT2D eigenvalue weighted by atomic mass is 19.1. The molecule has 0 fully saturated rings. The number of nitrogens with zero attached hydrogens (tertiary/aromatic N) is 1. The van der Waals surface area contributed by atoms with Gasteiger partial charge in [-0.3, -0.25) is 4.98 Å². The first kappa shape index (κ1) is 10.6. The minimum absolute atomic E-state index is 0.186. The predicted octanol–water partition coefficient (Wildman–Crippen LogP) is 4.08. The number of hydrogen-bond acceptors (Lipinski definition) is 1. The molecule has 1 nitrogen and oxygen atoms in total. The molecule has 0 saturated carbocycles. The Bertz CT molecular complexity index is 482. The van der Waals surface area contributed by atoms with Crippen LogP contribution in [0.4, 0.5) is 4.39 Å². The molecule has 0 N–H and O–H groups in total. The molecule has 0 aliphatic rings. The van der Waals surface area contributed by atoms with Crippen LogP contribution in [0.5, 0.6) is 0 Å². The van der Waals surface area contributed by atoms with Gasteiger partial charge >= 0.3 is 0 Å². The number of halogens is 1. The quantitative estimate of drug-likeness (QED) is 0.732. The topological polar surface area (TPSA) is 12.9 Å². The van der Waals surface area contributed by atoms with Crippen LogP contribution in [-0.2, 0) is 0 Å². The van der Waals surface area contributed by atoms with Crippen molar-refractivity contribution < 1.29 is 4.39 Å². The smallest absolute Gasteiger partial charge is 0.0974 e. The number of hydrogen-bond donors (Lipinski definition) is 0. The lowest BCUT2D eigenvalue weighted by atomic mass is 10.1. The first-order valence-electron chi connectivity index (χ1n) is 5.10. The van der Waals surface area contributed by atoms with Gasteiger partial charge in [-0.25, -0.2) is 4.39 Å². The van der Waals surface area contributed by atoms with Crippen molar-refractivity contribution in [3.05, 3.63) is 60.2 Å². The Hall–Kier alpha value is -1.96. The van der Waals surface area contributed by atoms with Crippen LogP contribution in [0.15, 0.2) is 54.6 Å². The van der Waals surface area contributed by atoms with E-state index in [9.17, 15) is 4.39 Å². The van der Waals surface area contributed by atoms with Gasteiger partial charge in [0.15, 0.2) is 0 Å². The number of allylic oxidation sites excluding steroid dienone is 1. The van der Waals surface area contributed by atoms with Crippen LogP contribution in [0.25, 0.3) is 17.2 Å². The summed E-state index contributed by atoms with van der Waals surface area (Å²) in [5.41, 5.74) is 3.02. The summed E-state index contributed by atoms with van der Waals surface area (Å²) in [6, 6.07) is 11.6. The van der Waals surface area contributed by atoms with Crippen LogP contribution < -0.4 is 0 Å². The third-order valence-corrected chi connectivity index (χ3v) is 2.27. The number of benzene rings is 1. The van der Waals surface area contributed by atoms with Gasteiger partial charge in [-0.2, -0.15) is 0 Å². The molecule has 0 aliphatic carbocycles. The van der Waals surface area contributed by atoms with Gasteiger partial charge < -0.3 is 0 Å². The zero-order valence-electron chi connectivity index (χ0n) is 9.02. The standard InChI is InChI=1S/C14H12FN/c1-11(15)9-12-4-6-13(7-5-12)14-3-2-8-16-10-14/h2-10H,1H3/b11-9-. The van der Waals surface area contributed by atoms with Gasteiger partial charge in [0.25, 0.3) is 0 Å². The van der Waals surface area contributed by atoms with Gasteiger partial charge in [-0.05, 0) is 35.8 Å². The predicted molar refractivity (Wildman–Crippen MR) is 64.4 cm³/mol. The van der Waals surface area contributed by atoms with Crippen molar-refractivity contribution in [1.82, 2.24) is 4.98 Å². The molecule has 0 unspecified atom stereocenters. The lowest BCUT2D eigenvalue weighted by Crippen LogP contribution is -1.79. The molecule has 16 heavy (non-hydrogen) atoms. The van der Waals surface area contributed by atoms with E-state index >= 15 is 0 Å². The molecule has 80 valence electrons. The summed E-state index contributed by atoms with van der Waals surface area (Å²) in [4.78, 5) is 4.06. The average Bonchev–Trinajstić information content (AvgIpc) is 2.30. The van der Waals surface area contributed by atoms with Crippen LogP contribution in [0.1, 0.15) is 12.5 Å². The molecule has 0 saturated heterocycles. The van der Waals surface area contributed by atoms with E-state index in [1.54, 1.807) is 6.20 Å². The van der Waals surface area contributed by atoms with Crippen molar-refractivity contribution in [2.75, 3.05) is 0 Å². The molecule has 0 aliphatic heterocycles. The minimum atomic E-state index is -0.186. The number of rotatable bonds is 2. The van der Waals surface area contributed by atoms with E-state index in [4.69, 9.17) is 0 Å². The van der Waals surface area contributed by atoms with Crippen LogP contribution in [0, 0.1) is 0 Å². The molecule has 1 aromatic heterocycles. The van der Waals surface area contributed by atoms with Gasteiger partial charge in [0.1, 0.15) is 0 Å². The van der Waals surface area contributed by atoms with Crippen molar-refractivity contribution in [3.8, 4) is 11.1 Å². The van der Waals surface area contributed by atoms with E-state index in [0.29, 0.717) is 0 Å². The second-order valence-electron chi connectivity index (χ2n) is 3.59. The fourth-order valence-electron chi connectivity index (χ4n) is 1.53. The van der Waals surface area contributed by atoms with Crippen molar-refractivity contribution in [3.63, 3.8) is 0 Å². The van der Waals surface area contributed by atoms with Gasteiger partial charge in [0.2, 0.25) is 0 Å². The molecule has 0 amide bonds. The normalized spacial score (nSPS) is 11.5. The number of pyridine rings is 1. The highest BCUT2D eigenvalue weighted by molar-refractivity contribution is 5.64. The van der Waals surface area contributed by atoms with E-state index in [1.165, 1.54) is 13.0 Å². The summed E-state index contributed by atoms with van der Waals surface area (Å²) >= 11 is 0. The number of aromatic nitrogens is 1. The van der Waals surface area contributed by atoms with Crippen LogP contribution in [0.3, 0.4) is 0 Å². The first-order valence-corrected chi connectivity index (χ1v) is 5.10. The molecule has 1 heterocycles. The van der Waals surface area contributed by atoms with Crippen molar-refractivity contribution in [2.45, 2.75) is 6.92 Å². The van der Waals surface area contributed by atoms with Crippen LogP contribution in [-0.4, -0.2) is 4.98 Å². The third-order valence-electron chi connectivity index (χ3n) is 2.27. The van der Waals surface area contributed by atoms with Gasteiger partial charge in [-0.1, -0.05) is 30.3 Å². The molecule has 0 bridgehead atoms. The fourth-order valence-corrected chi connectivity index (χ4v) is 1.53. The Labute approximate surface area is 94.3 Å². The van der Waals surface area contributed by atoms with Crippen molar-refractivity contribution >= 4 is 6.08 Å². The maximum atomic E-state index is 12.7. The fraction of sp³-hybridized carbons (Fsp3) is 0.0714. The zero-order chi connectivity index (χ0) is 11.4. The summed E-state index contributed by atoms with van der Waals surface area (Å²) < 4.78 is 12.7. The van der Waals surface area contributed by atoms with Crippen molar-refractivity contribution in [1.29, 1.82) is 0 Å². The van der Waals surface area contributed by atoms with E-state index in [2.05, 4.69) is 4.98 Å². The summed E-state index contributed by atoms with van der Waals surface area (Å²) in [6.45, 7) is 1.44. The Morgan fingerprint density at radius 3 is 2.44 bits per heavy atom. The average molecular weight is 213 g/mol. The summed E-state index contributed by atoms with van der Waals surface area (Å²) in [5.74, 6) is -0.186. The lowest BCUT2D eigenvalue weighted by molar-refractivity contribution is 0.648. The maximum Gasteiger partial charge on any atom is 0.0974 e. The molecule has 2 heteroatoms. The van der Waals surface area contributed by atoms with E-state index in [1.807, 2.05) is 42.6 Å². The SMILES string of the molecule is C/C(F)=C/c1ccc(-c2cccnc2)cc1. The first-order chi connectivity index (χ1) is 7.75. The van der Waals surface area contributed by atoms with E-state index < -0.39 is 0 Å². The highest BCUT2D eigenvalue weighted by Crippen LogP contribution is 2.19. The van der Waals surface area contributed by atoms with Gasteiger partial charge in [0, 0.05) is 12.4 Å². The highest BCUT2D eigenvalue weighted by Gasteiger charge is 1.96. The Kier molecular flexibility index (Phi) is 3.10. The van der Waals surface area contributed by atoms with Crippen molar-refractivity contribution in [2.24, 2.45) is 0 Å². The van der Waals surface area contributed by atoms with Crippen LogP contribution in [0.2, 0.25) is 0 Å². The zero-order valence-corrected chi connectivity index (χ0v) is 9.02. The van der Waals surface area contributed by atoms with E-state index in [-0.39, 0.29) is 5.83 Å². The third kappa shape index (κ3) is 2.54. The summed E-state index contributed by atoms with van der Waals surface area (Å²) in [7, 11) is 0. The Morgan fingerprint density at radius 1 is 1.12 bits per heavy atom. The minimum Gasteiger partial charge on any atom is -0.264 e. The molecule has 2 rings (SSSR count). The largest absolute Gasteiger partial charge is 0.264 e. The molecular formula is C14H12FN. The second kappa shape index (κ2) is 4.71. The molecular weight excluding hydrogens is 201 g/mol. The molecule has 2 aromatic rings. The molecule has 0 spiro atoms. The molecule has 0 radical (unpaired) electrons. The van der Waals surface area contributed by atoms with Gasteiger partial charge in [0.05, 0.1) is 5.83 Å². The lowest BCUT2D eigenvalue weighted by Gasteiger charge is -2.01. The maximum absolute atomic E-state index is 12.7. The molecule has 1 aromatic carbocycles. The Morgan fingerprint density at radius 2 is 1.88 bits per heavy atom. The van der Waals surface area contributed by atoms with Crippen LogP contribution >= 0.6 is 0 Å². The second-order valence-corrected chi connectivity index (χ2v) is 3.59. The summed E-state index contributed by atoms with van der Waals surface area (Å²) in [6.07, 6.45) is 5.06. The van der Waals surface area contributed by atoms with E-state index in [0.717, 1.165) is 16.7 Å². The van der Waals surface area contributed by atoms with Gasteiger partial charge in [-0.15, -0.1) is 0 Å². The summed E-state index contributed by atoms with van der Waals surface area (Å²) in [5, 5.41) is 0. The molecule has 0 atom stereocenters. The monoisotopic (exact) mass is 213 g/mol. The Balaban J connectivity index is 2.30.